The van der Waals surface area contributed by atoms with Gasteiger partial charge in [0.2, 0.25) is 5.91 Å². The Bertz CT molecular complexity index is 706. The number of nitrogen functional groups attached to an aromatic ring is 1. The fourth-order valence-corrected chi connectivity index (χ4v) is 2.28. The molecular formula is C15H19N3O2. The van der Waals surface area contributed by atoms with E-state index in [-0.39, 0.29) is 11.5 Å². The number of fused-ring (bicyclic) bond motifs is 1. The number of carbonyl (C=O) groups is 1. The summed E-state index contributed by atoms with van der Waals surface area (Å²) in [4.78, 5) is 26.3. The molecule has 1 amide bonds. The monoisotopic (exact) mass is 273 g/mol. The molecule has 0 spiro atoms. The van der Waals surface area contributed by atoms with Crippen molar-refractivity contribution in [2.24, 2.45) is 0 Å². The van der Waals surface area contributed by atoms with Gasteiger partial charge >= 0.3 is 0 Å². The third-order valence-electron chi connectivity index (χ3n) is 3.59. The molecule has 1 unspecified atom stereocenters. The van der Waals surface area contributed by atoms with Crippen LogP contribution in [-0.4, -0.2) is 29.0 Å². The smallest absolute Gasteiger partial charge is 0.260 e. The number of anilines is 1. The molecule has 1 aromatic heterocycles. The highest BCUT2D eigenvalue weighted by Crippen LogP contribution is 2.18. The maximum absolute atomic E-state index is 12.5. The van der Waals surface area contributed by atoms with Crippen LogP contribution in [-0.2, 0) is 4.79 Å². The predicted octanol–water partition coefficient (Wildman–Crippen LogP) is 1.62. The van der Waals surface area contributed by atoms with Crippen LogP contribution in [0.15, 0.2) is 35.1 Å². The molecule has 0 aliphatic rings. The van der Waals surface area contributed by atoms with Gasteiger partial charge in [0.25, 0.3) is 5.56 Å². The van der Waals surface area contributed by atoms with Gasteiger partial charge in [0, 0.05) is 19.0 Å². The zero-order valence-electron chi connectivity index (χ0n) is 12.0. The van der Waals surface area contributed by atoms with Crippen LogP contribution in [0.3, 0.4) is 0 Å². The molecule has 0 bridgehead atoms. The molecule has 5 nitrogen and oxygen atoms in total. The van der Waals surface area contributed by atoms with Crippen molar-refractivity contribution in [3.63, 3.8) is 0 Å². The zero-order chi connectivity index (χ0) is 14.9. The number of carbonyl (C=O) groups excluding carboxylic acids is 1. The highest BCUT2D eigenvalue weighted by atomic mass is 16.2. The Labute approximate surface area is 117 Å². The van der Waals surface area contributed by atoms with Gasteiger partial charge in [-0.05, 0) is 31.4 Å². The Morgan fingerprint density at radius 1 is 1.40 bits per heavy atom. The van der Waals surface area contributed by atoms with Gasteiger partial charge < -0.3 is 10.6 Å². The molecule has 1 heterocycles. The maximum Gasteiger partial charge on any atom is 0.260 e. The summed E-state index contributed by atoms with van der Waals surface area (Å²) >= 11 is 0. The van der Waals surface area contributed by atoms with Crippen molar-refractivity contribution in [1.82, 2.24) is 9.47 Å². The van der Waals surface area contributed by atoms with E-state index < -0.39 is 6.04 Å². The Hall–Kier alpha value is -2.30. The van der Waals surface area contributed by atoms with Crippen LogP contribution in [0.25, 0.3) is 10.8 Å². The number of pyridine rings is 1. The summed E-state index contributed by atoms with van der Waals surface area (Å²) in [6.07, 6.45) is 0. The van der Waals surface area contributed by atoms with Gasteiger partial charge in [0.1, 0.15) is 11.9 Å². The molecule has 20 heavy (non-hydrogen) atoms. The normalized spacial score (nSPS) is 12.3. The Morgan fingerprint density at radius 3 is 2.70 bits per heavy atom. The minimum Gasteiger partial charge on any atom is -0.385 e. The fourth-order valence-electron chi connectivity index (χ4n) is 2.28. The molecule has 0 fully saturated rings. The van der Waals surface area contributed by atoms with Crippen molar-refractivity contribution in [2.45, 2.75) is 19.9 Å². The van der Waals surface area contributed by atoms with Gasteiger partial charge in [-0.3, -0.25) is 14.2 Å². The molecule has 0 radical (unpaired) electrons. The quantitative estimate of drug-likeness (QED) is 0.924. The fraction of sp³-hybridized carbons (Fsp3) is 0.333. The summed E-state index contributed by atoms with van der Waals surface area (Å²) in [5.74, 6) is 0.177. The highest BCUT2D eigenvalue weighted by Gasteiger charge is 2.21. The molecule has 0 saturated heterocycles. The van der Waals surface area contributed by atoms with Gasteiger partial charge in [0.15, 0.2) is 0 Å². The van der Waals surface area contributed by atoms with Gasteiger partial charge in [-0.15, -0.1) is 0 Å². The van der Waals surface area contributed by atoms with Gasteiger partial charge in [0.05, 0.1) is 0 Å². The van der Waals surface area contributed by atoms with Crippen LogP contribution >= 0.6 is 0 Å². The number of amides is 1. The van der Waals surface area contributed by atoms with Crippen molar-refractivity contribution in [3.05, 3.63) is 40.7 Å². The number of nitrogens with zero attached hydrogens (tertiary/aromatic N) is 2. The summed E-state index contributed by atoms with van der Waals surface area (Å²) in [7, 11) is 1.71. The minimum absolute atomic E-state index is 0.128. The first kappa shape index (κ1) is 14.1. The van der Waals surface area contributed by atoms with E-state index >= 15 is 0 Å². The maximum atomic E-state index is 12.5. The van der Waals surface area contributed by atoms with Gasteiger partial charge in [-0.25, -0.2) is 0 Å². The molecule has 1 aromatic carbocycles. The number of benzene rings is 1. The van der Waals surface area contributed by atoms with E-state index in [4.69, 9.17) is 5.73 Å². The average Bonchev–Trinajstić information content (AvgIpc) is 2.45. The number of hydrogen-bond donors (Lipinski definition) is 1. The topological polar surface area (TPSA) is 68.3 Å². The third kappa shape index (κ3) is 2.27. The van der Waals surface area contributed by atoms with Gasteiger partial charge in [-0.1, -0.05) is 18.2 Å². The summed E-state index contributed by atoms with van der Waals surface area (Å²) in [5.41, 5.74) is 5.73. The van der Waals surface area contributed by atoms with Crippen molar-refractivity contribution in [2.75, 3.05) is 19.3 Å². The summed E-state index contributed by atoms with van der Waals surface area (Å²) in [5, 5.41) is 1.36. The molecular weight excluding hydrogens is 254 g/mol. The Morgan fingerprint density at radius 2 is 2.05 bits per heavy atom. The lowest BCUT2D eigenvalue weighted by molar-refractivity contribution is -0.132. The summed E-state index contributed by atoms with van der Waals surface area (Å²) in [6.45, 7) is 4.17. The molecule has 0 aliphatic carbocycles. The second kappa shape index (κ2) is 5.36. The molecule has 106 valence electrons. The largest absolute Gasteiger partial charge is 0.385 e. The molecule has 0 aliphatic heterocycles. The Kier molecular flexibility index (Phi) is 3.79. The van der Waals surface area contributed by atoms with E-state index in [1.54, 1.807) is 37.1 Å². The lowest BCUT2D eigenvalue weighted by Crippen LogP contribution is -2.37. The first-order chi connectivity index (χ1) is 9.47. The molecule has 0 saturated carbocycles. The molecule has 1 atom stereocenters. The lowest BCUT2D eigenvalue weighted by Gasteiger charge is -2.23. The van der Waals surface area contributed by atoms with E-state index in [1.165, 1.54) is 4.57 Å². The number of likely N-dealkylation sites (N-methyl/N-ethyl adjacent to an activating group) is 1. The second-order valence-electron chi connectivity index (χ2n) is 4.86. The Balaban J connectivity index is 2.60. The average molecular weight is 273 g/mol. The van der Waals surface area contributed by atoms with Crippen LogP contribution in [0.2, 0.25) is 0 Å². The van der Waals surface area contributed by atoms with Crippen molar-refractivity contribution < 1.29 is 4.79 Å². The lowest BCUT2D eigenvalue weighted by atomic mass is 10.1. The SMILES string of the molecule is CCN(C)C(=O)C(C)n1c(N)cc2ccccc2c1=O. The molecule has 2 rings (SSSR count). The van der Waals surface area contributed by atoms with Crippen LogP contribution in [0.4, 0.5) is 5.82 Å². The number of nitrogens with two attached hydrogens (primary N) is 1. The van der Waals surface area contributed by atoms with Crippen molar-refractivity contribution in [1.29, 1.82) is 0 Å². The van der Waals surface area contributed by atoms with Crippen molar-refractivity contribution >= 4 is 22.5 Å². The summed E-state index contributed by atoms with van der Waals surface area (Å²) in [6, 6.07) is 8.35. The minimum atomic E-state index is -0.614. The van der Waals surface area contributed by atoms with Crippen LogP contribution in [0.5, 0.6) is 0 Å². The van der Waals surface area contributed by atoms with E-state index in [2.05, 4.69) is 0 Å². The van der Waals surface area contributed by atoms with Crippen molar-refractivity contribution in [3.8, 4) is 0 Å². The van der Waals surface area contributed by atoms with Gasteiger partial charge in [-0.2, -0.15) is 0 Å². The van der Waals surface area contributed by atoms with E-state index in [0.717, 1.165) is 5.39 Å². The number of aromatic nitrogens is 1. The molecule has 2 N–H and O–H groups in total. The van der Waals surface area contributed by atoms with E-state index in [0.29, 0.717) is 17.7 Å². The standard InChI is InChI=1S/C15H19N3O2/c1-4-17(3)14(19)10(2)18-13(16)9-11-7-5-6-8-12(11)15(18)20/h5-10H,4,16H2,1-3H3. The predicted molar refractivity (Wildman–Crippen MR) is 80.6 cm³/mol. The molecule has 5 heteroatoms. The van der Waals surface area contributed by atoms with Crippen LogP contribution in [0, 0.1) is 0 Å². The first-order valence-electron chi connectivity index (χ1n) is 6.62. The molecule has 2 aromatic rings. The summed E-state index contributed by atoms with van der Waals surface area (Å²) < 4.78 is 1.36. The van der Waals surface area contributed by atoms with E-state index in [1.807, 2.05) is 19.1 Å². The third-order valence-corrected chi connectivity index (χ3v) is 3.59. The van der Waals surface area contributed by atoms with E-state index in [9.17, 15) is 9.59 Å². The van der Waals surface area contributed by atoms with Crippen LogP contribution < -0.4 is 11.3 Å². The zero-order valence-corrected chi connectivity index (χ0v) is 12.0. The van der Waals surface area contributed by atoms with Crippen LogP contribution in [0.1, 0.15) is 19.9 Å². The second-order valence-corrected chi connectivity index (χ2v) is 4.86. The number of hydrogen-bond acceptors (Lipinski definition) is 3. The highest BCUT2D eigenvalue weighted by molar-refractivity contribution is 5.85. The first-order valence-corrected chi connectivity index (χ1v) is 6.62. The number of rotatable bonds is 3.